The first-order valence-corrected chi connectivity index (χ1v) is 7.62. The molecular weight excluding hydrogens is 290 g/mol. The zero-order chi connectivity index (χ0) is 16.9. The molecule has 0 unspecified atom stereocenters. The van der Waals surface area contributed by atoms with E-state index >= 15 is 0 Å². The van der Waals surface area contributed by atoms with Gasteiger partial charge in [0.15, 0.2) is 6.61 Å². The van der Waals surface area contributed by atoms with Crippen molar-refractivity contribution in [1.29, 1.82) is 0 Å². The molecule has 1 amide bonds. The number of amides is 1. The van der Waals surface area contributed by atoms with E-state index in [0.717, 1.165) is 5.56 Å². The highest BCUT2D eigenvalue weighted by Crippen LogP contribution is 2.25. The van der Waals surface area contributed by atoms with Gasteiger partial charge in [-0.05, 0) is 40.8 Å². The lowest BCUT2D eigenvalue weighted by Crippen LogP contribution is -2.28. The Hall–Kier alpha value is -2.49. The van der Waals surface area contributed by atoms with Crippen LogP contribution in [0.5, 0.6) is 11.5 Å². The maximum atomic E-state index is 11.9. The molecule has 0 aliphatic carbocycles. The lowest BCUT2D eigenvalue weighted by atomic mass is 9.87. The van der Waals surface area contributed by atoms with E-state index in [1.165, 1.54) is 5.56 Å². The zero-order valence-electron chi connectivity index (χ0n) is 13.8. The number of nitrogens with one attached hydrogen (secondary N) is 1. The number of carbonyl (C=O) groups excluding carboxylic acids is 1. The first-order valence-electron chi connectivity index (χ1n) is 7.62. The van der Waals surface area contributed by atoms with E-state index in [2.05, 4.69) is 32.2 Å². The molecular formula is C19H23NO3. The quantitative estimate of drug-likeness (QED) is 0.889. The molecule has 0 saturated heterocycles. The van der Waals surface area contributed by atoms with Crippen LogP contribution in [0.15, 0.2) is 48.5 Å². The lowest BCUT2D eigenvalue weighted by Gasteiger charge is -2.19. The highest BCUT2D eigenvalue weighted by atomic mass is 16.5. The standard InChI is InChI=1S/C19H23NO3/c1-19(2,3)15-5-4-6-17(11-15)23-13-18(22)20-12-14-7-9-16(21)10-8-14/h4-11,21H,12-13H2,1-3H3,(H,20,22). The monoisotopic (exact) mass is 313 g/mol. The van der Waals surface area contributed by atoms with Crippen molar-refractivity contribution in [3.63, 3.8) is 0 Å². The maximum Gasteiger partial charge on any atom is 0.258 e. The third kappa shape index (κ3) is 5.33. The van der Waals surface area contributed by atoms with Crippen LogP contribution in [0.2, 0.25) is 0 Å². The van der Waals surface area contributed by atoms with Crippen LogP contribution in [0.3, 0.4) is 0 Å². The summed E-state index contributed by atoms with van der Waals surface area (Å²) in [5.74, 6) is 0.721. The molecule has 0 saturated carbocycles. The molecule has 0 atom stereocenters. The smallest absolute Gasteiger partial charge is 0.258 e. The molecule has 4 nitrogen and oxygen atoms in total. The number of ether oxygens (including phenoxy) is 1. The maximum absolute atomic E-state index is 11.9. The fourth-order valence-corrected chi connectivity index (χ4v) is 2.07. The molecule has 0 radical (unpaired) electrons. The van der Waals surface area contributed by atoms with Gasteiger partial charge in [-0.3, -0.25) is 4.79 Å². The van der Waals surface area contributed by atoms with Crippen LogP contribution in [0.4, 0.5) is 0 Å². The number of hydrogen-bond donors (Lipinski definition) is 2. The predicted molar refractivity (Wildman–Crippen MR) is 90.6 cm³/mol. The molecule has 2 aromatic rings. The van der Waals surface area contributed by atoms with Crippen LogP contribution >= 0.6 is 0 Å². The summed E-state index contributed by atoms with van der Waals surface area (Å²) in [6.07, 6.45) is 0. The Morgan fingerprint density at radius 3 is 2.48 bits per heavy atom. The average molecular weight is 313 g/mol. The van der Waals surface area contributed by atoms with Gasteiger partial charge >= 0.3 is 0 Å². The van der Waals surface area contributed by atoms with Gasteiger partial charge < -0.3 is 15.2 Å². The van der Waals surface area contributed by atoms with E-state index in [-0.39, 0.29) is 23.7 Å². The van der Waals surface area contributed by atoms with Crippen LogP contribution in [0.25, 0.3) is 0 Å². The van der Waals surface area contributed by atoms with Crippen LogP contribution in [-0.4, -0.2) is 17.6 Å². The number of aromatic hydroxyl groups is 1. The number of phenolic OH excluding ortho intramolecular Hbond substituents is 1. The first kappa shape index (κ1) is 16.9. The van der Waals surface area contributed by atoms with Gasteiger partial charge in [-0.15, -0.1) is 0 Å². The zero-order valence-corrected chi connectivity index (χ0v) is 13.8. The largest absolute Gasteiger partial charge is 0.508 e. The van der Waals surface area contributed by atoms with Gasteiger partial charge in [0.1, 0.15) is 11.5 Å². The molecule has 0 aliphatic heterocycles. The van der Waals surface area contributed by atoms with Gasteiger partial charge in [-0.25, -0.2) is 0 Å². The minimum atomic E-state index is -0.181. The predicted octanol–water partition coefficient (Wildman–Crippen LogP) is 3.38. The van der Waals surface area contributed by atoms with Gasteiger partial charge in [0, 0.05) is 6.54 Å². The average Bonchev–Trinajstić information content (AvgIpc) is 2.52. The Kier molecular flexibility index (Phi) is 5.27. The molecule has 122 valence electrons. The summed E-state index contributed by atoms with van der Waals surface area (Å²) in [5.41, 5.74) is 2.13. The first-order chi connectivity index (χ1) is 10.8. The van der Waals surface area contributed by atoms with Gasteiger partial charge in [-0.2, -0.15) is 0 Å². The molecule has 0 spiro atoms. The van der Waals surface area contributed by atoms with Gasteiger partial charge in [0.25, 0.3) is 5.91 Å². The van der Waals surface area contributed by atoms with Crippen molar-refractivity contribution in [2.75, 3.05) is 6.61 Å². The third-order valence-corrected chi connectivity index (χ3v) is 3.50. The Morgan fingerprint density at radius 1 is 1.13 bits per heavy atom. The number of rotatable bonds is 5. The number of carbonyl (C=O) groups is 1. The fraction of sp³-hybridized carbons (Fsp3) is 0.316. The van der Waals surface area contributed by atoms with E-state index in [9.17, 15) is 9.90 Å². The van der Waals surface area contributed by atoms with Crippen LogP contribution in [0.1, 0.15) is 31.9 Å². The second-order valence-corrected chi connectivity index (χ2v) is 6.51. The molecule has 4 heteroatoms. The van der Waals surface area contributed by atoms with E-state index in [0.29, 0.717) is 12.3 Å². The second kappa shape index (κ2) is 7.18. The topological polar surface area (TPSA) is 58.6 Å². The summed E-state index contributed by atoms with van der Waals surface area (Å²) in [6, 6.07) is 14.5. The molecule has 0 aliphatic rings. The van der Waals surface area contributed by atoms with Crippen molar-refractivity contribution < 1.29 is 14.6 Å². The number of benzene rings is 2. The van der Waals surface area contributed by atoms with E-state index in [4.69, 9.17) is 4.74 Å². The molecule has 0 aromatic heterocycles. The second-order valence-electron chi connectivity index (χ2n) is 6.51. The van der Waals surface area contributed by atoms with Gasteiger partial charge in [0.05, 0.1) is 0 Å². The molecule has 0 bridgehead atoms. The summed E-state index contributed by atoms with van der Waals surface area (Å²) < 4.78 is 5.56. The van der Waals surface area contributed by atoms with Gasteiger partial charge in [-0.1, -0.05) is 45.0 Å². The van der Waals surface area contributed by atoms with Crippen LogP contribution in [0, 0.1) is 0 Å². The van der Waals surface area contributed by atoms with Crippen molar-refractivity contribution >= 4 is 5.91 Å². The van der Waals surface area contributed by atoms with Crippen molar-refractivity contribution in [1.82, 2.24) is 5.32 Å². The fourth-order valence-electron chi connectivity index (χ4n) is 2.07. The highest BCUT2D eigenvalue weighted by molar-refractivity contribution is 5.77. The Bertz CT molecular complexity index is 657. The van der Waals surface area contributed by atoms with Crippen molar-refractivity contribution in [2.24, 2.45) is 0 Å². The minimum absolute atomic E-state index is 0.0221. The highest BCUT2D eigenvalue weighted by Gasteiger charge is 2.14. The van der Waals surface area contributed by atoms with Gasteiger partial charge in [0.2, 0.25) is 0 Å². The summed E-state index contributed by atoms with van der Waals surface area (Å²) in [4.78, 5) is 11.9. The van der Waals surface area contributed by atoms with E-state index in [1.807, 2.05) is 18.2 Å². The summed E-state index contributed by atoms with van der Waals surface area (Å²) in [6.45, 7) is 6.79. The molecule has 23 heavy (non-hydrogen) atoms. The van der Waals surface area contributed by atoms with Crippen LogP contribution in [-0.2, 0) is 16.8 Å². The Morgan fingerprint density at radius 2 is 1.83 bits per heavy atom. The Balaban J connectivity index is 1.83. The molecule has 2 N–H and O–H groups in total. The molecule has 2 rings (SSSR count). The summed E-state index contributed by atoms with van der Waals surface area (Å²) in [7, 11) is 0. The number of hydrogen-bond acceptors (Lipinski definition) is 3. The summed E-state index contributed by atoms with van der Waals surface area (Å²) >= 11 is 0. The lowest BCUT2D eigenvalue weighted by molar-refractivity contribution is -0.123. The third-order valence-electron chi connectivity index (χ3n) is 3.50. The molecule has 0 fully saturated rings. The van der Waals surface area contributed by atoms with Crippen molar-refractivity contribution in [3.05, 3.63) is 59.7 Å². The number of phenols is 1. The van der Waals surface area contributed by atoms with Crippen molar-refractivity contribution in [3.8, 4) is 11.5 Å². The Labute approximate surface area is 137 Å². The van der Waals surface area contributed by atoms with Crippen molar-refractivity contribution in [2.45, 2.75) is 32.7 Å². The van der Waals surface area contributed by atoms with Crippen LogP contribution < -0.4 is 10.1 Å². The minimum Gasteiger partial charge on any atom is -0.508 e. The normalized spacial score (nSPS) is 11.1. The SMILES string of the molecule is CC(C)(C)c1cccc(OCC(=O)NCc2ccc(O)cc2)c1. The van der Waals surface area contributed by atoms with E-state index in [1.54, 1.807) is 24.3 Å². The van der Waals surface area contributed by atoms with E-state index < -0.39 is 0 Å². The summed E-state index contributed by atoms with van der Waals surface area (Å²) in [5, 5.41) is 12.0. The molecule has 0 heterocycles. The molecule has 2 aromatic carbocycles.